The summed E-state index contributed by atoms with van der Waals surface area (Å²) in [5.41, 5.74) is 1.07. The maximum absolute atomic E-state index is 13.6. The van der Waals surface area contributed by atoms with E-state index in [0.717, 1.165) is 14.5 Å². The Morgan fingerprint density at radius 3 is 2.75 bits per heavy atom. The van der Waals surface area contributed by atoms with Crippen LogP contribution in [-0.4, -0.2) is 41.7 Å². The fourth-order valence-corrected chi connectivity index (χ4v) is 4.65. The number of carbonyl (C=O) groups is 1. The van der Waals surface area contributed by atoms with E-state index in [9.17, 15) is 9.59 Å². The fraction of sp³-hybridized carbons (Fsp3) is 0.172. The summed E-state index contributed by atoms with van der Waals surface area (Å²) >= 11 is 9.79. The van der Waals surface area contributed by atoms with Crippen molar-refractivity contribution in [1.29, 1.82) is 0 Å². The topological polar surface area (TPSA) is 105 Å². The molecule has 2 aromatic heterocycles. The van der Waals surface area contributed by atoms with Crippen LogP contribution in [0.1, 0.15) is 19.4 Å². The summed E-state index contributed by atoms with van der Waals surface area (Å²) in [5.74, 6) is 0.476. The third kappa shape index (κ3) is 5.73. The van der Waals surface area contributed by atoms with E-state index in [1.165, 1.54) is 13.3 Å². The molecule has 0 fully saturated rings. The van der Waals surface area contributed by atoms with Crippen LogP contribution in [0.25, 0.3) is 33.5 Å². The third-order valence-corrected chi connectivity index (χ3v) is 6.45. The molecular weight excluding hydrogens is 602 g/mol. The van der Waals surface area contributed by atoms with Crippen LogP contribution in [0.15, 0.2) is 79.4 Å². The Morgan fingerprint density at radius 2 is 1.98 bits per heavy atom. The van der Waals surface area contributed by atoms with Crippen molar-refractivity contribution in [3.8, 4) is 23.1 Å². The second-order valence-corrected chi connectivity index (χ2v) is 10.3. The number of halogens is 2. The Balaban J connectivity index is 1.63. The third-order valence-electron chi connectivity index (χ3n) is 5.73. The van der Waals surface area contributed by atoms with Crippen LogP contribution in [0.4, 0.5) is 0 Å². The summed E-state index contributed by atoms with van der Waals surface area (Å²) in [7, 11) is 1.45. The summed E-state index contributed by atoms with van der Waals surface area (Å²) in [5, 5.41) is 6.01. The lowest BCUT2D eigenvalue weighted by atomic mass is 10.2. The van der Waals surface area contributed by atoms with Crippen molar-refractivity contribution in [2.75, 3.05) is 13.7 Å². The number of para-hydroxylation sites is 1. The van der Waals surface area contributed by atoms with Crippen LogP contribution in [0.2, 0.25) is 5.02 Å². The number of benzene rings is 3. The zero-order chi connectivity index (χ0) is 28.4. The molecular formula is C29H23BrClN3O6. The first-order valence-electron chi connectivity index (χ1n) is 12.2. The number of aromatic nitrogens is 2. The Morgan fingerprint density at radius 1 is 1.18 bits per heavy atom. The van der Waals surface area contributed by atoms with Gasteiger partial charge in [0.2, 0.25) is 5.82 Å². The van der Waals surface area contributed by atoms with Crippen LogP contribution >= 0.6 is 27.5 Å². The van der Waals surface area contributed by atoms with Gasteiger partial charge in [0.15, 0.2) is 23.9 Å². The number of hydrogen-bond acceptors (Lipinski definition) is 8. The molecule has 0 N–H and O–H groups in total. The molecule has 0 radical (unpaired) electrons. The highest BCUT2D eigenvalue weighted by molar-refractivity contribution is 9.10. The highest BCUT2D eigenvalue weighted by Crippen LogP contribution is 2.34. The number of esters is 1. The molecule has 0 aliphatic heterocycles. The maximum atomic E-state index is 13.6. The first kappa shape index (κ1) is 27.4. The molecule has 3 aromatic carbocycles. The average molecular weight is 625 g/mol. The molecule has 0 aliphatic rings. The maximum Gasteiger partial charge on any atom is 0.344 e. The summed E-state index contributed by atoms with van der Waals surface area (Å²) in [6.45, 7) is 3.12. The second-order valence-electron chi connectivity index (χ2n) is 8.96. The van der Waals surface area contributed by atoms with Gasteiger partial charge in [0.1, 0.15) is 5.58 Å². The number of hydrogen-bond donors (Lipinski definition) is 0. The van der Waals surface area contributed by atoms with Gasteiger partial charge >= 0.3 is 5.97 Å². The SMILES string of the molecule is COc1cc(Cl)cc(C=Nn2c(-c3cc4cc(Br)ccc4o3)nc3ccccc3c2=O)c1OCC(=O)OC(C)C. The van der Waals surface area contributed by atoms with Crippen LogP contribution < -0.4 is 15.0 Å². The van der Waals surface area contributed by atoms with Crippen molar-refractivity contribution in [3.05, 3.63) is 86.1 Å². The molecule has 0 unspecified atom stereocenters. The zero-order valence-electron chi connectivity index (χ0n) is 21.7. The Kier molecular flexibility index (Phi) is 7.90. The van der Waals surface area contributed by atoms with Gasteiger partial charge in [-0.25, -0.2) is 9.78 Å². The second kappa shape index (κ2) is 11.5. The van der Waals surface area contributed by atoms with Gasteiger partial charge in [0, 0.05) is 26.5 Å². The first-order chi connectivity index (χ1) is 19.2. The summed E-state index contributed by atoms with van der Waals surface area (Å²) in [6.07, 6.45) is 1.09. The van der Waals surface area contributed by atoms with Crippen LogP contribution in [0.5, 0.6) is 11.5 Å². The monoisotopic (exact) mass is 623 g/mol. The molecule has 5 rings (SSSR count). The number of furan rings is 1. The molecule has 0 bridgehead atoms. The highest BCUT2D eigenvalue weighted by atomic mass is 79.9. The van der Waals surface area contributed by atoms with Gasteiger partial charge in [-0.1, -0.05) is 39.7 Å². The number of methoxy groups -OCH3 is 1. The number of fused-ring (bicyclic) bond motifs is 2. The van der Waals surface area contributed by atoms with Crippen molar-refractivity contribution in [1.82, 2.24) is 9.66 Å². The Labute approximate surface area is 242 Å². The molecule has 0 amide bonds. The Hall–Kier alpha value is -4.15. The molecule has 0 aliphatic carbocycles. The smallest absolute Gasteiger partial charge is 0.344 e. The van der Waals surface area contributed by atoms with E-state index >= 15 is 0 Å². The average Bonchev–Trinajstić information content (AvgIpc) is 3.34. The quantitative estimate of drug-likeness (QED) is 0.144. The van der Waals surface area contributed by atoms with Gasteiger partial charge in [-0.15, -0.1) is 0 Å². The molecule has 0 saturated heterocycles. The standard InChI is InChI=1S/C29H23BrClN3O6/c1-16(2)39-26(35)15-38-27-18(11-20(31)13-24(27)37-3)14-32-34-28(33-22-7-5-4-6-21(22)29(34)36)25-12-17-10-19(30)8-9-23(17)40-25/h4-14,16H,15H2,1-3H3. The van der Waals surface area contributed by atoms with Crippen molar-refractivity contribution in [2.24, 2.45) is 5.10 Å². The minimum absolute atomic E-state index is 0.198. The highest BCUT2D eigenvalue weighted by Gasteiger charge is 2.18. The summed E-state index contributed by atoms with van der Waals surface area (Å²) < 4.78 is 24.4. The molecule has 40 heavy (non-hydrogen) atoms. The predicted molar refractivity (Wildman–Crippen MR) is 157 cm³/mol. The Bertz CT molecular complexity index is 1830. The molecule has 9 nitrogen and oxygen atoms in total. The van der Waals surface area contributed by atoms with E-state index < -0.39 is 11.5 Å². The number of nitrogens with zero attached hydrogens (tertiary/aromatic N) is 3. The molecule has 5 aromatic rings. The van der Waals surface area contributed by atoms with E-state index in [0.29, 0.717) is 32.8 Å². The van der Waals surface area contributed by atoms with Crippen LogP contribution in [0, 0.1) is 0 Å². The minimum atomic E-state index is -0.552. The van der Waals surface area contributed by atoms with Crippen molar-refractivity contribution in [3.63, 3.8) is 0 Å². The zero-order valence-corrected chi connectivity index (χ0v) is 24.0. The predicted octanol–water partition coefficient (Wildman–Crippen LogP) is 6.45. The van der Waals surface area contributed by atoms with Gasteiger partial charge in [-0.05, 0) is 56.3 Å². The van der Waals surface area contributed by atoms with E-state index in [1.54, 1.807) is 56.3 Å². The van der Waals surface area contributed by atoms with Crippen molar-refractivity contribution >= 4 is 61.6 Å². The molecule has 0 saturated carbocycles. The van der Waals surface area contributed by atoms with E-state index in [1.807, 2.05) is 18.2 Å². The number of carbonyl (C=O) groups excluding carboxylic acids is 1. The number of rotatable bonds is 8. The fourth-order valence-electron chi connectivity index (χ4n) is 4.05. The summed E-state index contributed by atoms with van der Waals surface area (Å²) in [4.78, 5) is 30.5. The van der Waals surface area contributed by atoms with Gasteiger partial charge in [0.05, 0.1) is 30.3 Å². The molecule has 0 spiro atoms. The van der Waals surface area contributed by atoms with E-state index in [-0.39, 0.29) is 30.0 Å². The largest absolute Gasteiger partial charge is 0.493 e. The number of ether oxygens (including phenoxy) is 3. The van der Waals surface area contributed by atoms with Gasteiger partial charge < -0.3 is 18.6 Å². The van der Waals surface area contributed by atoms with Crippen LogP contribution in [0.3, 0.4) is 0 Å². The first-order valence-corrected chi connectivity index (χ1v) is 13.4. The van der Waals surface area contributed by atoms with E-state index in [2.05, 4.69) is 21.0 Å². The molecule has 2 heterocycles. The lowest BCUT2D eigenvalue weighted by Gasteiger charge is -2.14. The summed E-state index contributed by atoms with van der Waals surface area (Å²) in [6, 6.07) is 17.5. The van der Waals surface area contributed by atoms with Gasteiger partial charge in [0.25, 0.3) is 5.56 Å². The molecule has 204 valence electrons. The lowest BCUT2D eigenvalue weighted by molar-refractivity contribution is -0.149. The van der Waals surface area contributed by atoms with Crippen molar-refractivity contribution in [2.45, 2.75) is 20.0 Å². The van der Waals surface area contributed by atoms with Gasteiger partial charge in [-0.3, -0.25) is 4.79 Å². The van der Waals surface area contributed by atoms with E-state index in [4.69, 9.17) is 35.2 Å². The molecule has 0 atom stereocenters. The van der Waals surface area contributed by atoms with Gasteiger partial charge in [-0.2, -0.15) is 9.78 Å². The lowest BCUT2D eigenvalue weighted by Crippen LogP contribution is -2.20. The van der Waals surface area contributed by atoms with Crippen molar-refractivity contribution < 1.29 is 23.4 Å². The van der Waals surface area contributed by atoms with Crippen LogP contribution in [-0.2, 0) is 9.53 Å². The molecule has 11 heteroatoms. The minimum Gasteiger partial charge on any atom is -0.493 e. The normalized spacial score (nSPS) is 11.6.